The van der Waals surface area contributed by atoms with Crippen LogP contribution in [-0.4, -0.2) is 88.4 Å². The first-order valence-corrected chi connectivity index (χ1v) is 12.3. The third-order valence-corrected chi connectivity index (χ3v) is 6.81. The van der Waals surface area contributed by atoms with Crippen LogP contribution in [0.25, 0.3) is 11.5 Å². The normalized spacial score (nSPS) is 17.4. The van der Waals surface area contributed by atoms with Gasteiger partial charge in [-0.25, -0.2) is 4.68 Å². The van der Waals surface area contributed by atoms with Crippen molar-refractivity contribution in [2.75, 3.05) is 52.5 Å². The van der Waals surface area contributed by atoms with E-state index in [0.29, 0.717) is 43.9 Å². The Bertz CT molecular complexity index is 1110. The Labute approximate surface area is 205 Å². The number of hydrogen-bond donors (Lipinski definition) is 1. The summed E-state index contributed by atoms with van der Waals surface area (Å²) in [6, 6.07) is 13.7. The molecular weight excluding hydrogens is 444 g/mol. The van der Waals surface area contributed by atoms with Crippen molar-refractivity contribution in [1.82, 2.24) is 29.5 Å². The molecule has 0 atom stereocenters. The number of piperidine rings is 1. The zero-order chi connectivity index (χ0) is 24.0. The number of carbonyl (C=O) groups is 2. The summed E-state index contributed by atoms with van der Waals surface area (Å²) in [6.07, 6.45) is 6.82. The van der Waals surface area contributed by atoms with Gasteiger partial charge < -0.3 is 19.5 Å². The molecule has 0 radical (unpaired) electrons. The minimum Gasteiger partial charge on any atom is -0.379 e. The number of aromatic nitrogens is 3. The SMILES string of the molecule is O=C(NCCN1CCOCC1)C1CCN(C(=O)c2cnn(-c3ccccc3)c2-n2cccc2)CC1. The number of benzene rings is 1. The molecule has 4 heterocycles. The summed E-state index contributed by atoms with van der Waals surface area (Å²) in [6.45, 7) is 5.97. The molecule has 0 bridgehead atoms. The van der Waals surface area contributed by atoms with Gasteiger partial charge in [-0.2, -0.15) is 5.10 Å². The molecule has 0 saturated carbocycles. The van der Waals surface area contributed by atoms with E-state index in [0.717, 1.165) is 38.5 Å². The van der Waals surface area contributed by atoms with Crippen molar-refractivity contribution in [3.63, 3.8) is 0 Å². The van der Waals surface area contributed by atoms with Crippen molar-refractivity contribution in [2.45, 2.75) is 12.8 Å². The van der Waals surface area contributed by atoms with Crippen LogP contribution in [0.1, 0.15) is 23.2 Å². The number of para-hydroxylation sites is 1. The van der Waals surface area contributed by atoms with Crippen molar-refractivity contribution in [3.8, 4) is 11.5 Å². The Balaban J connectivity index is 1.21. The average molecular weight is 477 g/mol. The van der Waals surface area contributed by atoms with Gasteiger partial charge in [0.2, 0.25) is 5.91 Å². The predicted octanol–water partition coefficient (Wildman–Crippen LogP) is 1.96. The average Bonchev–Trinajstić information content (AvgIpc) is 3.60. The van der Waals surface area contributed by atoms with E-state index in [9.17, 15) is 9.59 Å². The van der Waals surface area contributed by atoms with Crippen LogP contribution in [0.5, 0.6) is 0 Å². The number of amides is 2. The van der Waals surface area contributed by atoms with E-state index < -0.39 is 0 Å². The maximum Gasteiger partial charge on any atom is 0.259 e. The fourth-order valence-corrected chi connectivity index (χ4v) is 4.80. The predicted molar refractivity (Wildman–Crippen MR) is 132 cm³/mol. The highest BCUT2D eigenvalue weighted by atomic mass is 16.5. The second-order valence-electron chi connectivity index (χ2n) is 9.03. The molecular formula is C26H32N6O3. The summed E-state index contributed by atoms with van der Waals surface area (Å²) in [5.74, 6) is 0.700. The fourth-order valence-electron chi connectivity index (χ4n) is 4.80. The zero-order valence-corrected chi connectivity index (χ0v) is 19.9. The summed E-state index contributed by atoms with van der Waals surface area (Å²) < 4.78 is 9.08. The van der Waals surface area contributed by atoms with Gasteiger partial charge in [0, 0.05) is 57.6 Å². The molecule has 2 aliphatic rings. The quantitative estimate of drug-likeness (QED) is 0.564. The van der Waals surface area contributed by atoms with E-state index >= 15 is 0 Å². The molecule has 3 aromatic rings. The van der Waals surface area contributed by atoms with Gasteiger partial charge >= 0.3 is 0 Å². The van der Waals surface area contributed by atoms with Crippen LogP contribution in [0.3, 0.4) is 0 Å². The van der Waals surface area contributed by atoms with E-state index in [1.54, 1.807) is 10.9 Å². The summed E-state index contributed by atoms with van der Waals surface area (Å²) >= 11 is 0. The third kappa shape index (κ3) is 5.31. The second kappa shape index (κ2) is 10.9. The van der Waals surface area contributed by atoms with Crippen LogP contribution >= 0.6 is 0 Å². The van der Waals surface area contributed by atoms with Gasteiger partial charge in [0.05, 0.1) is 25.1 Å². The minimum absolute atomic E-state index is 0.0537. The molecule has 184 valence electrons. The van der Waals surface area contributed by atoms with Gasteiger partial charge in [-0.15, -0.1) is 0 Å². The lowest BCUT2D eigenvalue weighted by atomic mass is 9.95. The monoisotopic (exact) mass is 476 g/mol. The Hall–Kier alpha value is -3.43. The highest BCUT2D eigenvalue weighted by Crippen LogP contribution is 2.24. The maximum absolute atomic E-state index is 13.5. The molecule has 1 aromatic carbocycles. The lowest BCUT2D eigenvalue weighted by Crippen LogP contribution is -2.45. The van der Waals surface area contributed by atoms with Gasteiger partial charge in [-0.05, 0) is 37.1 Å². The highest BCUT2D eigenvalue weighted by Gasteiger charge is 2.30. The Morgan fingerprint density at radius 2 is 1.69 bits per heavy atom. The van der Waals surface area contributed by atoms with E-state index in [-0.39, 0.29) is 17.7 Å². The summed E-state index contributed by atoms with van der Waals surface area (Å²) in [5.41, 5.74) is 1.45. The molecule has 9 heteroatoms. The fraction of sp³-hybridized carbons (Fsp3) is 0.423. The number of carbonyl (C=O) groups excluding carboxylic acids is 2. The Morgan fingerprint density at radius 1 is 0.971 bits per heavy atom. The molecule has 5 rings (SSSR count). The van der Waals surface area contributed by atoms with Gasteiger partial charge in [0.15, 0.2) is 5.82 Å². The summed E-state index contributed by atoms with van der Waals surface area (Å²) in [4.78, 5) is 30.4. The van der Waals surface area contributed by atoms with E-state index in [4.69, 9.17) is 4.74 Å². The van der Waals surface area contributed by atoms with Gasteiger partial charge in [-0.3, -0.25) is 14.5 Å². The Kier molecular flexibility index (Phi) is 7.25. The molecule has 2 aromatic heterocycles. The molecule has 0 unspecified atom stereocenters. The lowest BCUT2D eigenvalue weighted by Gasteiger charge is -2.32. The van der Waals surface area contributed by atoms with Crippen LogP contribution in [-0.2, 0) is 9.53 Å². The molecule has 2 aliphatic heterocycles. The highest BCUT2D eigenvalue weighted by molar-refractivity contribution is 5.97. The molecule has 2 amide bonds. The molecule has 0 spiro atoms. The van der Waals surface area contributed by atoms with Crippen molar-refractivity contribution in [3.05, 3.63) is 66.6 Å². The van der Waals surface area contributed by atoms with Gasteiger partial charge in [0.1, 0.15) is 5.56 Å². The first-order chi connectivity index (χ1) is 17.2. The number of hydrogen-bond acceptors (Lipinski definition) is 5. The standard InChI is InChI=1S/C26H32N6O3/c33-24(27-10-15-29-16-18-35-19-17-29)21-8-13-31(14-9-21)26(34)23-20-28-32(22-6-2-1-3-7-22)25(23)30-11-4-5-12-30/h1-7,11-12,20-21H,8-10,13-19H2,(H,27,33). The first kappa shape index (κ1) is 23.3. The van der Waals surface area contributed by atoms with Crippen molar-refractivity contribution >= 4 is 11.8 Å². The van der Waals surface area contributed by atoms with Crippen LogP contribution in [0.4, 0.5) is 0 Å². The molecule has 0 aliphatic carbocycles. The summed E-state index contributed by atoms with van der Waals surface area (Å²) in [7, 11) is 0. The van der Waals surface area contributed by atoms with E-state index in [1.165, 1.54) is 0 Å². The van der Waals surface area contributed by atoms with Crippen molar-refractivity contribution in [1.29, 1.82) is 0 Å². The van der Waals surface area contributed by atoms with E-state index in [1.807, 2.05) is 64.3 Å². The molecule has 35 heavy (non-hydrogen) atoms. The third-order valence-electron chi connectivity index (χ3n) is 6.81. The number of morpholine rings is 1. The largest absolute Gasteiger partial charge is 0.379 e. The van der Waals surface area contributed by atoms with Crippen molar-refractivity contribution in [2.24, 2.45) is 5.92 Å². The number of nitrogens with zero attached hydrogens (tertiary/aromatic N) is 5. The van der Waals surface area contributed by atoms with Gasteiger partial charge in [-0.1, -0.05) is 18.2 Å². The number of likely N-dealkylation sites (tertiary alicyclic amines) is 1. The van der Waals surface area contributed by atoms with Crippen LogP contribution in [0.2, 0.25) is 0 Å². The zero-order valence-electron chi connectivity index (χ0n) is 19.9. The lowest BCUT2D eigenvalue weighted by molar-refractivity contribution is -0.126. The molecule has 2 fully saturated rings. The van der Waals surface area contributed by atoms with Crippen molar-refractivity contribution < 1.29 is 14.3 Å². The maximum atomic E-state index is 13.5. The topological polar surface area (TPSA) is 84.6 Å². The molecule has 2 saturated heterocycles. The Morgan fingerprint density at radius 3 is 2.40 bits per heavy atom. The molecule has 1 N–H and O–H groups in total. The van der Waals surface area contributed by atoms with Crippen LogP contribution < -0.4 is 5.32 Å². The van der Waals surface area contributed by atoms with Crippen LogP contribution in [0, 0.1) is 5.92 Å². The number of ether oxygens (including phenoxy) is 1. The number of rotatable bonds is 7. The van der Waals surface area contributed by atoms with Crippen LogP contribution in [0.15, 0.2) is 61.1 Å². The first-order valence-electron chi connectivity index (χ1n) is 12.3. The smallest absolute Gasteiger partial charge is 0.259 e. The van der Waals surface area contributed by atoms with Gasteiger partial charge in [0.25, 0.3) is 5.91 Å². The molecule has 9 nitrogen and oxygen atoms in total. The second-order valence-corrected chi connectivity index (χ2v) is 9.03. The summed E-state index contributed by atoms with van der Waals surface area (Å²) in [5, 5.41) is 7.63. The minimum atomic E-state index is -0.0558. The van der Waals surface area contributed by atoms with E-state index in [2.05, 4.69) is 15.3 Å². The number of nitrogens with one attached hydrogen (secondary N) is 1.